The van der Waals surface area contributed by atoms with Crippen molar-refractivity contribution in [2.75, 3.05) is 0 Å². The van der Waals surface area contributed by atoms with E-state index in [1.54, 1.807) is 0 Å². The average Bonchev–Trinajstić information content (AvgIpc) is 2.40. The first-order chi connectivity index (χ1) is 9.95. The molecule has 3 rings (SSSR count). The zero-order valence-corrected chi connectivity index (χ0v) is 13.2. The molecule has 0 atom stereocenters. The van der Waals surface area contributed by atoms with E-state index in [0.29, 0.717) is 5.56 Å². The molecule has 0 spiro atoms. The fourth-order valence-corrected chi connectivity index (χ4v) is 2.07. The van der Waals surface area contributed by atoms with Gasteiger partial charge in [0.25, 0.3) is 0 Å². The Morgan fingerprint density at radius 2 is 1.55 bits per heavy atom. The maximum absolute atomic E-state index is 12.0. The second-order valence-corrected chi connectivity index (χ2v) is 4.52. The molecule has 22 heavy (non-hydrogen) atoms. The van der Waals surface area contributed by atoms with Crippen LogP contribution < -0.4 is 5.43 Å². The Hall–Kier alpha value is -2.46. The molecule has 1 heterocycles. The molecule has 6 nitrogen and oxygen atoms in total. The normalized spacial score (nSPS) is 10.4. The van der Waals surface area contributed by atoms with E-state index in [4.69, 9.17) is 4.42 Å². The predicted octanol–water partition coefficient (Wildman–Crippen LogP) is 2.28. The van der Waals surface area contributed by atoms with E-state index in [2.05, 4.69) is 0 Å². The van der Waals surface area contributed by atoms with E-state index in [1.165, 1.54) is 24.3 Å². The smallest absolute Gasteiger partial charge is 0.197 e. The van der Waals surface area contributed by atoms with Crippen molar-refractivity contribution in [2.24, 2.45) is 0 Å². The van der Waals surface area contributed by atoms with Gasteiger partial charge in [-0.3, -0.25) is 4.79 Å². The predicted molar refractivity (Wildman–Crippen MR) is 74.6 cm³/mol. The summed E-state index contributed by atoms with van der Waals surface area (Å²) in [5, 5.41) is 37.9. The van der Waals surface area contributed by atoms with Gasteiger partial charge in [-0.15, -0.1) is 0 Å². The summed E-state index contributed by atoms with van der Waals surface area (Å²) in [6.07, 6.45) is 0. The SMILES string of the molecule is O=c1cc(-c2ccc(O)c(O)c2)oc2cc(O)cc(O)c12.[Pt]. The van der Waals surface area contributed by atoms with Crippen LogP contribution >= 0.6 is 0 Å². The quantitative estimate of drug-likeness (QED) is 0.397. The molecule has 0 saturated heterocycles. The summed E-state index contributed by atoms with van der Waals surface area (Å²) in [4.78, 5) is 12.0. The molecule has 116 valence electrons. The van der Waals surface area contributed by atoms with Gasteiger partial charge in [0.2, 0.25) is 0 Å². The zero-order chi connectivity index (χ0) is 15.1. The van der Waals surface area contributed by atoms with E-state index in [1.807, 2.05) is 0 Å². The summed E-state index contributed by atoms with van der Waals surface area (Å²) in [7, 11) is 0. The van der Waals surface area contributed by atoms with Crippen LogP contribution in [0.4, 0.5) is 0 Å². The van der Waals surface area contributed by atoms with Gasteiger partial charge in [0.05, 0.1) is 0 Å². The second-order valence-electron chi connectivity index (χ2n) is 4.52. The summed E-state index contributed by atoms with van der Waals surface area (Å²) in [5.41, 5.74) is -0.106. The molecule has 0 aliphatic carbocycles. The van der Waals surface area contributed by atoms with E-state index in [-0.39, 0.29) is 60.8 Å². The Bertz CT molecular complexity index is 916. The van der Waals surface area contributed by atoms with Crippen molar-refractivity contribution in [2.45, 2.75) is 0 Å². The molecule has 0 aliphatic heterocycles. The molecule has 0 radical (unpaired) electrons. The van der Waals surface area contributed by atoms with Gasteiger partial charge in [0.1, 0.15) is 28.2 Å². The summed E-state index contributed by atoms with van der Waals surface area (Å²) >= 11 is 0. The fraction of sp³-hybridized carbons (Fsp3) is 0. The van der Waals surface area contributed by atoms with Crippen molar-refractivity contribution in [3.05, 3.63) is 46.6 Å². The van der Waals surface area contributed by atoms with Crippen LogP contribution in [-0.2, 0) is 21.1 Å². The largest absolute Gasteiger partial charge is 0.508 e. The summed E-state index contributed by atoms with van der Waals surface area (Å²) in [5.74, 6) is -1.13. The van der Waals surface area contributed by atoms with Crippen LogP contribution in [0, 0.1) is 0 Å². The third-order valence-corrected chi connectivity index (χ3v) is 3.05. The molecule has 4 N–H and O–H groups in total. The summed E-state index contributed by atoms with van der Waals surface area (Å²) < 4.78 is 5.47. The molecule has 0 bridgehead atoms. The van der Waals surface area contributed by atoms with E-state index < -0.39 is 5.43 Å². The van der Waals surface area contributed by atoms with Crippen LogP contribution in [0.3, 0.4) is 0 Å². The third kappa shape index (κ3) is 2.65. The van der Waals surface area contributed by atoms with E-state index >= 15 is 0 Å². The molecular formula is C15H10O6Pt. The standard InChI is InChI=1S/C15H10O6.Pt/c16-8-4-11(19)15-12(20)6-13(21-14(15)5-8)7-1-2-9(17)10(18)3-7;/h1-6,16-19H;. The van der Waals surface area contributed by atoms with Crippen LogP contribution in [-0.4, -0.2) is 20.4 Å². The van der Waals surface area contributed by atoms with Gasteiger partial charge in [0, 0.05) is 44.8 Å². The minimum atomic E-state index is -0.490. The van der Waals surface area contributed by atoms with E-state index in [0.717, 1.165) is 12.1 Å². The number of hydrogen-bond donors (Lipinski definition) is 4. The van der Waals surface area contributed by atoms with Gasteiger partial charge in [0.15, 0.2) is 16.9 Å². The van der Waals surface area contributed by atoms with Gasteiger partial charge >= 0.3 is 0 Å². The number of benzene rings is 2. The first-order valence-corrected chi connectivity index (χ1v) is 5.98. The molecule has 1 aromatic heterocycles. The topological polar surface area (TPSA) is 111 Å². The van der Waals surface area contributed by atoms with Crippen molar-refractivity contribution >= 4 is 11.0 Å². The van der Waals surface area contributed by atoms with Crippen molar-refractivity contribution in [3.8, 4) is 34.3 Å². The van der Waals surface area contributed by atoms with Gasteiger partial charge in [-0.1, -0.05) is 0 Å². The number of rotatable bonds is 1. The van der Waals surface area contributed by atoms with Crippen LogP contribution in [0.1, 0.15) is 0 Å². The maximum atomic E-state index is 12.0. The van der Waals surface area contributed by atoms with Gasteiger partial charge < -0.3 is 24.8 Å². The van der Waals surface area contributed by atoms with Gasteiger partial charge in [-0.2, -0.15) is 0 Å². The van der Waals surface area contributed by atoms with Crippen molar-refractivity contribution < 1.29 is 45.9 Å². The number of aromatic hydroxyl groups is 4. The number of fused-ring (bicyclic) bond motifs is 1. The van der Waals surface area contributed by atoms with Gasteiger partial charge in [-0.25, -0.2) is 0 Å². The molecular weight excluding hydrogens is 471 g/mol. The van der Waals surface area contributed by atoms with Crippen molar-refractivity contribution in [1.82, 2.24) is 0 Å². The maximum Gasteiger partial charge on any atom is 0.197 e. The van der Waals surface area contributed by atoms with Crippen LogP contribution in [0.2, 0.25) is 0 Å². The first kappa shape index (κ1) is 15.9. The Morgan fingerprint density at radius 3 is 2.23 bits per heavy atom. The number of phenols is 4. The Kier molecular flexibility index (Phi) is 4.15. The number of phenolic OH excluding ortho intramolecular Hbond substituents is 4. The molecule has 0 amide bonds. The Morgan fingerprint density at radius 1 is 0.818 bits per heavy atom. The molecule has 0 fully saturated rings. The number of hydrogen-bond acceptors (Lipinski definition) is 6. The van der Waals surface area contributed by atoms with E-state index in [9.17, 15) is 25.2 Å². The van der Waals surface area contributed by atoms with Crippen LogP contribution in [0.5, 0.6) is 23.0 Å². The van der Waals surface area contributed by atoms with Gasteiger partial charge in [-0.05, 0) is 18.2 Å². The molecule has 0 saturated carbocycles. The summed E-state index contributed by atoms with van der Waals surface area (Å²) in [6.45, 7) is 0. The summed E-state index contributed by atoms with van der Waals surface area (Å²) in [6, 6.07) is 7.37. The minimum Gasteiger partial charge on any atom is -0.508 e. The fourth-order valence-electron chi connectivity index (χ4n) is 2.07. The minimum absolute atomic E-state index is 0. The van der Waals surface area contributed by atoms with Crippen molar-refractivity contribution in [3.63, 3.8) is 0 Å². The second kappa shape index (κ2) is 5.73. The Labute approximate surface area is 138 Å². The Balaban J connectivity index is 0.00000176. The first-order valence-electron chi connectivity index (χ1n) is 5.98. The zero-order valence-electron chi connectivity index (χ0n) is 10.9. The van der Waals surface area contributed by atoms with Crippen LogP contribution in [0.25, 0.3) is 22.3 Å². The molecule has 7 heteroatoms. The average molecular weight is 481 g/mol. The van der Waals surface area contributed by atoms with Crippen molar-refractivity contribution in [1.29, 1.82) is 0 Å². The molecule has 0 unspecified atom stereocenters. The molecule has 2 aromatic carbocycles. The molecule has 0 aliphatic rings. The third-order valence-electron chi connectivity index (χ3n) is 3.05. The monoisotopic (exact) mass is 481 g/mol. The van der Waals surface area contributed by atoms with Crippen LogP contribution in [0.15, 0.2) is 45.6 Å². The molecule has 3 aromatic rings.